The summed E-state index contributed by atoms with van der Waals surface area (Å²) in [6.45, 7) is 13.6. The van der Waals surface area contributed by atoms with Crippen molar-refractivity contribution < 1.29 is 9.31 Å². The fraction of sp³-hybridized carbons (Fsp3) is 1.00. The second-order valence-corrected chi connectivity index (χ2v) is 5.17. The van der Waals surface area contributed by atoms with Gasteiger partial charge in [-0.25, -0.2) is 0 Å². The number of hydrogen-bond acceptors (Lipinski definition) is 2. The van der Waals surface area contributed by atoms with E-state index in [1.54, 1.807) is 0 Å². The van der Waals surface area contributed by atoms with Gasteiger partial charge < -0.3 is 9.31 Å². The number of rotatable bonds is 7. The second kappa shape index (κ2) is 5.82. The molecule has 0 fully saturated rings. The van der Waals surface area contributed by atoms with Crippen LogP contribution in [-0.2, 0) is 9.31 Å². The van der Waals surface area contributed by atoms with Crippen LogP contribution in [0.25, 0.3) is 0 Å². The van der Waals surface area contributed by atoms with Crippen LogP contribution in [0.1, 0.15) is 34.1 Å². The summed E-state index contributed by atoms with van der Waals surface area (Å²) in [6, 6.07) is 0. The fourth-order valence-corrected chi connectivity index (χ4v) is 2.02. The Morgan fingerprint density at radius 1 is 1.00 bits per heavy atom. The topological polar surface area (TPSA) is 18.5 Å². The van der Waals surface area contributed by atoms with E-state index in [2.05, 4.69) is 27.7 Å². The molecule has 0 spiro atoms. The van der Waals surface area contributed by atoms with Crippen LogP contribution >= 0.6 is 0 Å². The van der Waals surface area contributed by atoms with E-state index in [4.69, 9.17) is 9.31 Å². The van der Waals surface area contributed by atoms with Crippen molar-refractivity contribution in [1.82, 2.24) is 0 Å². The Morgan fingerprint density at radius 3 is 2.00 bits per heavy atom. The minimum absolute atomic E-state index is 0.0463. The molecule has 0 unspecified atom stereocenters. The summed E-state index contributed by atoms with van der Waals surface area (Å²) in [5.41, 5.74) is 0.143. The smallest absolute Gasteiger partial charge is 0.272 e. The maximum absolute atomic E-state index is 5.69. The molecule has 0 aliphatic heterocycles. The molecule has 14 heavy (non-hydrogen) atoms. The maximum Gasteiger partial charge on any atom is 0.272 e. The van der Waals surface area contributed by atoms with Gasteiger partial charge in [0.1, 0.15) is 0 Å². The van der Waals surface area contributed by atoms with E-state index >= 15 is 0 Å². The largest absolute Gasteiger partial charge is 0.439 e. The van der Waals surface area contributed by atoms with Gasteiger partial charge in [0.2, 0.25) is 0 Å². The van der Waals surface area contributed by atoms with Gasteiger partial charge in [-0.3, -0.25) is 0 Å². The summed E-state index contributed by atoms with van der Waals surface area (Å²) < 4.78 is 11.2. The molecular formula is C10H24B2O2. The highest BCUT2D eigenvalue weighted by atomic mass is 16.5. The molecule has 0 aromatic carbocycles. The van der Waals surface area contributed by atoms with E-state index in [1.165, 1.54) is 0 Å². The molecule has 0 aliphatic carbocycles. The van der Waals surface area contributed by atoms with Gasteiger partial charge in [0.05, 0.1) is 0 Å². The van der Waals surface area contributed by atoms with Crippen LogP contribution in [-0.4, -0.2) is 27.2 Å². The normalized spacial score (nSPS) is 12.7. The quantitative estimate of drug-likeness (QED) is 0.582. The predicted molar refractivity (Wildman–Crippen MR) is 65.5 cm³/mol. The van der Waals surface area contributed by atoms with E-state index in [0.717, 1.165) is 28.0 Å². The molecule has 0 aliphatic rings. The van der Waals surface area contributed by atoms with Gasteiger partial charge in [-0.15, -0.1) is 0 Å². The molecule has 0 saturated carbocycles. The highest BCUT2D eigenvalue weighted by molar-refractivity contribution is 6.25. The van der Waals surface area contributed by atoms with Crippen LogP contribution in [0.15, 0.2) is 0 Å². The van der Waals surface area contributed by atoms with E-state index < -0.39 is 0 Å². The van der Waals surface area contributed by atoms with Crippen molar-refractivity contribution in [2.75, 3.05) is 6.61 Å². The van der Waals surface area contributed by atoms with Crippen LogP contribution in [0.5, 0.6) is 0 Å². The lowest BCUT2D eigenvalue weighted by Gasteiger charge is -2.35. The van der Waals surface area contributed by atoms with Crippen molar-refractivity contribution in [3.8, 4) is 0 Å². The maximum atomic E-state index is 5.69. The fourth-order valence-electron chi connectivity index (χ4n) is 2.02. The predicted octanol–water partition coefficient (Wildman–Crippen LogP) is 2.01. The van der Waals surface area contributed by atoms with Gasteiger partial charge in [-0.2, -0.15) is 0 Å². The molecule has 0 aromatic rings. The number of hydrogen-bond donors (Lipinski definition) is 0. The highest BCUT2D eigenvalue weighted by Gasteiger charge is 2.28. The third kappa shape index (κ3) is 6.50. The summed E-state index contributed by atoms with van der Waals surface area (Å²) in [4.78, 5) is 0. The Bertz CT molecular complexity index is 158. The van der Waals surface area contributed by atoms with Crippen LogP contribution < -0.4 is 0 Å². The Morgan fingerprint density at radius 2 is 1.57 bits per heavy atom. The zero-order chi connectivity index (χ0) is 11.2. The van der Waals surface area contributed by atoms with Gasteiger partial charge in [0.25, 0.3) is 15.0 Å². The molecule has 0 radical (unpaired) electrons. The lowest BCUT2D eigenvalue weighted by Crippen LogP contribution is -2.35. The first-order valence-corrected chi connectivity index (χ1v) is 5.55. The Balaban J connectivity index is 4.05. The lowest BCUT2D eigenvalue weighted by molar-refractivity contribution is 0.0404. The molecule has 0 saturated heterocycles. The first-order valence-electron chi connectivity index (χ1n) is 5.55. The summed E-state index contributed by atoms with van der Waals surface area (Å²) in [5, 5.41) is 0. The molecule has 0 bridgehead atoms. The SMILES string of the molecule is CBOCC(C)(C)CC(C)(C)OBC. The van der Waals surface area contributed by atoms with Gasteiger partial charge in [-0.1, -0.05) is 27.5 Å². The summed E-state index contributed by atoms with van der Waals surface area (Å²) in [6.07, 6.45) is 1.02. The molecule has 0 aromatic heterocycles. The summed E-state index contributed by atoms with van der Waals surface area (Å²) >= 11 is 0. The van der Waals surface area contributed by atoms with Crippen LogP contribution in [0.4, 0.5) is 0 Å². The molecule has 0 N–H and O–H groups in total. The van der Waals surface area contributed by atoms with Crippen LogP contribution in [0.3, 0.4) is 0 Å². The molecular weight excluding hydrogens is 174 g/mol. The van der Waals surface area contributed by atoms with E-state index in [-0.39, 0.29) is 11.0 Å². The molecule has 4 heteroatoms. The third-order valence-electron chi connectivity index (χ3n) is 2.14. The molecule has 2 nitrogen and oxygen atoms in total. The van der Waals surface area contributed by atoms with Crippen LogP contribution in [0, 0.1) is 5.41 Å². The van der Waals surface area contributed by atoms with Crippen molar-refractivity contribution in [2.45, 2.75) is 53.4 Å². The van der Waals surface area contributed by atoms with Crippen molar-refractivity contribution in [3.05, 3.63) is 0 Å². The van der Waals surface area contributed by atoms with Crippen LogP contribution in [0.2, 0.25) is 13.6 Å². The summed E-state index contributed by atoms with van der Waals surface area (Å²) in [5.74, 6) is 0. The Hall–Kier alpha value is 0.0499. The standard InChI is InChI=1S/C10H24B2O2/c1-9(2,8-13-11-5)7-10(3,4)14-12-6/h11-12H,7-8H2,1-6H3. The van der Waals surface area contributed by atoms with E-state index in [0.29, 0.717) is 0 Å². The minimum Gasteiger partial charge on any atom is -0.439 e. The molecule has 0 atom stereocenters. The lowest BCUT2D eigenvalue weighted by atomic mass is 9.81. The van der Waals surface area contributed by atoms with Gasteiger partial charge in [0.15, 0.2) is 0 Å². The average Bonchev–Trinajstić information content (AvgIpc) is 1.98. The van der Waals surface area contributed by atoms with Gasteiger partial charge >= 0.3 is 0 Å². The average molecular weight is 198 g/mol. The molecule has 0 heterocycles. The first kappa shape index (κ1) is 14.0. The van der Waals surface area contributed by atoms with E-state index in [9.17, 15) is 0 Å². The van der Waals surface area contributed by atoms with E-state index in [1.807, 2.05) is 13.6 Å². The van der Waals surface area contributed by atoms with Gasteiger partial charge in [-0.05, 0) is 25.7 Å². The zero-order valence-electron chi connectivity index (χ0n) is 10.6. The third-order valence-corrected chi connectivity index (χ3v) is 2.14. The highest BCUT2D eigenvalue weighted by Crippen LogP contribution is 2.30. The Labute approximate surface area is 90.3 Å². The second-order valence-electron chi connectivity index (χ2n) is 5.17. The van der Waals surface area contributed by atoms with Crippen molar-refractivity contribution in [1.29, 1.82) is 0 Å². The van der Waals surface area contributed by atoms with Crippen molar-refractivity contribution in [2.24, 2.45) is 5.41 Å². The van der Waals surface area contributed by atoms with Crippen molar-refractivity contribution >= 4 is 15.0 Å². The van der Waals surface area contributed by atoms with Crippen molar-refractivity contribution in [3.63, 3.8) is 0 Å². The molecule has 0 rings (SSSR count). The summed E-state index contributed by atoms with van der Waals surface area (Å²) in [7, 11) is 1.57. The van der Waals surface area contributed by atoms with Gasteiger partial charge in [0, 0.05) is 12.2 Å². The molecule has 82 valence electrons. The Kier molecular flexibility index (Phi) is 5.84. The first-order chi connectivity index (χ1) is 6.33. The zero-order valence-corrected chi connectivity index (χ0v) is 10.6. The minimum atomic E-state index is -0.0463. The molecule has 0 amide bonds. The monoisotopic (exact) mass is 198 g/mol.